The molecular weight excluding hydrogens is 589 g/mol. The summed E-state index contributed by atoms with van der Waals surface area (Å²) < 4.78 is 41.1. The monoisotopic (exact) mass is 627 g/mol. The summed E-state index contributed by atoms with van der Waals surface area (Å²) in [5.74, 6) is -0.896. The van der Waals surface area contributed by atoms with E-state index >= 15 is 0 Å². The van der Waals surface area contributed by atoms with Gasteiger partial charge in [0.25, 0.3) is 0 Å². The maximum absolute atomic E-state index is 14.0. The Morgan fingerprint density at radius 2 is 1.33 bits per heavy atom. The molecule has 5 rings (SSSR count). The third kappa shape index (κ3) is 8.65. The highest BCUT2D eigenvalue weighted by Crippen LogP contribution is 2.22. The van der Waals surface area contributed by atoms with Gasteiger partial charge in [0, 0.05) is 39.0 Å². The molecule has 1 aliphatic heterocycles. The topological polar surface area (TPSA) is 86.8 Å². The Bertz CT molecular complexity index is 1660. The molecule has 45 heavy (non-hydrogen) atoms. The van der Waals surface area contributed by atoms with Gasteiger partial charge in [-0.05, 0) is 65.8 Å². The van der Waals surface area contributed by atoms with Crippen LogP contribution in [0.4, 0.5) is 4.39 Å². The standard InChI is InChI=1S/C36H38FN3O4S/c37-32-18-13-31(14-19-32)27-40(34(25-29-9-3-1-4-10-29)36(42)38-26-30-11-5-2-6-12-30)35(41)22-17-28-15-20-33(21-16-28)45(43,44)39-23-7-8-24-39/h1-6,9-16,18-21,34H,7-8,17,22-27H2,(H,38,42)/t34-/m0/s1. The van der Waals surface area contributed by atoms with Crippen molar-refractivity contribution >= 4 is 21.8 Å². The van der Waals surface area contributed by atoms with Crippen LogP contribution in [-0.2, 0) is 45.5 Å². The van der Waals surface area contributed by atoms with Gasteiger partial charge in [-0.1, -0.05) is 84.9 Å². The first-order chi connectivity index (χ1) is 21.8. The molecule has 4 aromatic rings. The fourth-order valence-electron chi connectivity index (χ4n) is 5.54. The number of benzene rings is 4. The Morgan fingerprint density at radius 3 is 1.96 bits per heavy atom. The van der Waals surface area contributed by atoms with Crippen molar-refractivity contribution in [2.75, 3.05) is 13.1 Å². The molecule has 0 unspecified atom stereocenters. The van der Waals surface area contributed by atoms with E-state index in [0.717, 1.165) is 29.5 Å². The van der Waals surface area contributed by atoms with Crippen LogP contribution in [0.3, 0.4) is 0 Å². The van der Waals surface area contributed by atoms with Crippen LogP contribution >= 0.6 is 0 Å². The number of amides is 2. The maximum atomic E-state index is 14.0. The second kappa shape index (κ2) is 15.1. The van der Waals surface area contributed by atoms with Gasteiger partial charge in [-0.25, -0.2) is 12.8 Å². The van der Waals surface area contributed by atoms with Gasteiger partial charge in [0.05, 0.1) is 4.90 Å². The summed E-state index contributed by atoms with van der Waals surface area (Å²) in [6.07, 6.45) is 2.51. The average molecular weight is 628 g/mol. The van der Waals surface area contributed by atoms with Crippen LogP contribution in [0.2, 0.25) is 0 Å². The number of nitrogens with one attached hydrogen (secondary N) is 1. The molecule has 4 aromatic carbocycles. The lowest BCUT2D eigenvalue weighted by molar-refractivity contribution is -0.141. The summed E-state index contributed by atoms with van der Waals surface area (Å²) >= 11 is 0. The number of aryl methyl sites for hydroxylation is 1. The summed E-state index contributed by atoms with van der Waals surface area (Å²) in [5, 5.41) is 3.01. The lowest BCUT2D eigenvalue weighted by atomic mass is 10.0. The lowest BCUT2D eigenvalue weighted by Crippen LogP contribution is -2.50. The number of carbonyl (C=O) groups is 2. The molecular formula is C36H38FN3O4S. The van der Waals surface area contributed by atoms with E-state index in [2.05, 4.69) is 5.32 Å². The summed E-state index contributed by atoms with van der Waals surface area (Å²) in [7, 11) is -3.53. The minimum absolute atomic E-state index is 0.108. The van der Waals surface area contributed by atoms with Gasteiger partial charge in [0.2, 0.25) is 21.8 Å². The van der Waals surface area contributed by atoms with E-state index in [1.54, 1.807) is 41.3 Å². The Kier molecular flexibility index (Phi) is 10.8. The molecule has 234 valence electrons. The summed E-state index contributed by atoms with van der Waals surface area (Å²) in [4.78, 5) is 29.6. The molecule has 2 amide bonds. The fraction of sp³-hybridized carbons (Fsp3) is 0.278. The number of halogens is 1. The Morgan fingerprint density at radius 1 is 0.756 bits per heavy atom. The second-order valence-corrected chi connectivity index (χ2v) is 13.3. The predicted octanol–water partition coefficient (Wildman–Crippen LogP) is 5.50. The molecule has 1 atom stereocenters. The number of carbonyl (C=O) groups excluding carboxylic acids is 2. The zero-order chi connectivity index (χ0) is 31.6. The number of nitrogens with zero attached hydrogens (tertiary/aromatic N) is 2. The first-order valence-corrected chi connectivity index (χ1v) is 16.7. The number of hydrogen-bond acceptors (Lipinski definition) is 4. The summed E-state index contributed by atoms with van der Waals surface area (Å²) in [5.41, 5.74) is 3.37. The fourth-order valence-corrected chi connectivity index (χ4v) is 7.06. The molecule has 1 heterocycles. The minimum atomic E-state index is -3.53. The van der Waals surface area contributed by atoms with Crippen molar-refractivity contribution in [3.63, 3.8) is 0 Å². The van der Waals surface area contributed by atoms with Gasteiger partial charge in [0.1, 0.15) is 11.9 Å². The van der Waals surface area contributed by atoms with Gasteiger partial charge >= 0.3 is 0 Å². The van der Waals surface area contributed by atoms with E-state index < -0.39 is 16.1 Å². The molecule has 7 nitrogen and oxygen atoms in total. The zero-order valence-corrected chi connectivity index (χ0v) is 26.0. The Balaban J connectivity index is 1.36. The highest BCUT2D eigenvalue weighted by atomic mass is 32.2. The van der Waals surface area contributed by atoms with Crippen molar-refractivity contribution in [2.24, 2.45) is 0 Å². The zero-order valence-electron chi connectivity index (χ0n) is 25.1. The van der Waals surface area contributed by atoms with Crippen molar-refractivity contribution in [2.45, 2.75) is 56.1 Å². The van der Waals surface area contributed by atoms with Gasteiger partial charge in [-0.2, -0.15) is 4.31 Å². The average Bonchev–Trinajstić information content (AvgIpc) is 3.63. The highest BCUT2D eigenvalue weighted by molar-refractivity contribution is 7.89. The summed E-state index contributed by atoms with van der Waals surface area (Å²) in [6.45, 7) is 1.51. The minimum Gasteiger partial charge on any atom is -0.350 e. The van der Waals surface area contributed by atoms with Crippen LogP contribution in [0.15, 0.2) is 114 Å². The van der Waals surface area contributed by atoms with Crippen molar-refractivity contribution < 1.29 is 22.4 Å². The SMILES string of the molecule is O=C(NCc1ccccc1)[C@H](Cc1ccccc1)N(Cc1ccc(F)cc1)C(=O)CCc1ccc(S(=O)(=O)N2CCCC2)cc1. The number of sulfonamides is 1. The Hall–Kier alpha value is -4.34. The van der Waals surface area contributed by atoms with Crippen LogP contribution in [0.1, 0.15) is 41.5 Å². The summed E-state index contributed by atoms with van der Waals surface area (Å²) in [6, 6.07) is 30.9. The van der Waals surface area contributed by atoms with E-state index in [4.69, 9.17) is 0 Å². The molecule has 9 heteroatoms. The van der Waals surface area contributed by atoms with E-state index in [1.807, 2.05) is 60.7 Å². The molecule has 0 spiro atoms. The first kappa shape index (κ1) is 32.1. The van der Waals surface area contributed by atoms with E-state index in [0.29, 0.717) is 38.0 Å². The second-order valence-electron chi connectivity index (χ2n) is 11.3. The van der Waals surface area contributed by atoms with Crippen LogP contribution in [-0.4, -0.2) is 48.6 Å². The van der Waals surface area contributed by atoms with Crippen LogP contribution < -0.4 is 5.32 Å². The maximum Gasteiger partial charge on any atom is 0.243 e. The molecule has 1 N–H and O–H groups in total. The van der Waals surface area contributed by atoms with Crippen LogP contribution in [0, 0.1) is 5.82 Å². The van der Waals surface area contributed by atoms with Crippen molar-refractivity contribution in [1.29, 1.82) is 0 Å². The van der Waals surface area contributed by atoms with E-state index in [1.165, 1.54) is 16.4 Å². The third-order valence-electron chi connectivity index (χ3n) is 8.10. The number of rotatable bonds is 13. The van der Waals surface area contributed by atoms with Crippen molar-refractivity contribution in [3.05, 3.63) is 137 Å². The molecule has 1 fully saturated rings. The smallest absolute Gasteiger partial charge is 0.243 e. The predicted molar refractivity (Wildman–Crippen MR) is 172 cm³/mol. The molecule has 0 saturated carbocycles. The van der Waals surface area contributed by atoms with Crippen LogP contribution in [0.25, 0.3) is 0 Å². The first-order valence-electron chi connectivity index (χ1n) is 15.3. The largest absolute Gasteiger partial charge is 0.350 e. The van der Waals surface area contributed by atoms with E-state index in [9.17, 15) is 22.4 Å². The molecule has 1 aliphatic rings. The lowest BCUT2D eigenvalue weighted by Gasteiger charge is -2.32. The highest BCUT2D eigenvalue weighted by Gasteiger charge is 2.31. The normalized spacial score (nSPS) is 14.2. The van der Waals surface area contributed by atoms with Crippen molar-refractivity contribution in [1.82, 2.24) is 14.5 Å². The van der Waals surface area contributed by atoms with Gasteiger partial charge < -0.3 is 10.2 Å². The van der Waals surface area contributed by atoms with Crippen LogP contribution in [0.5, 0.6) is 0 Å². The van der Waals surface area contributed by atoms with Gasteiger partial charge in [-0.3, -0.25) is 9.59 Å². The van der Waals surface area contributed by atoms with Gasteiger partial charge in [-0.15, -0.1) is 0 Å². The molecule has 0 radical (unpaired) electrons. The molecule has 0 bridgehead atoms. The van der Waals surface area contributed by atoms with Gasteiger partial charge in [0.15, 0.2) is 0 Å². The molecule has 1 saturated heterocycles. The van der Waals surface area contributed by atoms with E-state index in [-0.39, 0.29) is 35.5 Å². The number of hydrogen-bond donors (Lipinski definition) is 1. The molecule has 0 aliphatic carbocycles. The Labute approximate surface area is 264 Å². The quantitative estimate of drug-likeness (QED) is 0.212. The van der Waals surface area contributed by atoms with Crippen molar-refractivity contribution in [3.8, 4) is 0 Å². The third-order valence-corrected chi connectivity index (χ3v) is 10.0. The molecule has 0 aromatic heterocycles.